The molecule has 2 rings (SSSR count). The Morgan fingerprint density at radius 1 is 1.48 bits per heavy atom. The van der Waals surface area contributed by atoms with E-state index in [4.69, 9.17) is 10.4 Å². The molecule has 7 nitrogen and oxygen atoms in total. The van der Waals surface area contributed by atoms with Crippen LogP contribution in [0.2, 0.25) is 0 Å². The highest BCUT2D eigenvalue weighted by Crippen LogP contribution is 2.27. The lowest BCUT2D eigenvalue weighted by molar-refractivity contribution is 0.0697. The molecule has 1 aromatic heterocycles. The minimum atomic E-state index is -3.98. The summed E-state index contributed by atoms with van der Waals surface area (Å²) in [5, 5.41) is 17.8. The first-order valence-corrected chi connectivity index (χ1v) is 7.83. The Morgan fingerprint density at radius 3 is 2.81 bits per heavy atom. The van der Waals surface area contributed by atoms with Gasteiger partial charge in [-0.3, -0.25) is 4.72 Å². The second kappa shape index (κ2) is 5.51. The van der Waals surface area contributed by atoms with Crippen molar-refractivity contribution in [3.63, 3.8) is 0 Å². The van der Waals surface area contributed by atoms with Crippen LogP contribution in [0, 0.1) is 18.3 Å². The maximum atomic E-state index is 12.2. The van der Waals surface area contributed by atoms with Crippen LogP contribution in [0.5, 0.6) is 0 Å². The number of rotatable bonds is 4. The van der Waals surface area contributed by atoms with Crippen LogP contribution < -0.4 is 4.72 Å². The summed E-state index contributed by atoms with van der Waals surface area (Å²) >= 11 is 0.750. The summed E-state index contributed by atoms with van der Waals surface area (Å²) < 4.78 is 30.5. The first kappa shape index (κ1) is 15.0. The number of sulfonamides is 1. The molecule has 0 aliphatic carbocycles. The number of benzene rings is 1. The number of nitriles is 1. The predicted molar refractivity (Wildman–Crippen MR) is 75.8 cm³/mol. The van der Waals surface area contributed by atoms with Gasteiger partial charge < -0.3 is 5.11 Å². The second-order valence-electron chi connectivity index (χ2n) is 4.02. The van der Waals surface area contributed by atoms with Gasteiger partial charge in [-0.05, 0) is 36.7 Å². The van der Waals surface area contributed by atoms with E-state index in [1.807, 2.05) is 6.07 Å². The topological polar surface area (TPSA) is 120 Å². The first-order chi connectivity index (χ1) is 9.85. The lowest BCUT2D eigenvalue weighted by atomic mass is 10.2. The van der Waals surface area contributed by atoms with E-state index >= 15 is 0 Å². The van der Waals surface area contributed by atoms with Crippen molar-refractivity contribution >= 4 is 32.5 Å². The Morgan fingerprint density at radius 2 is 2.19 bits per heavy atom. The molecule has 108 valence electrons. The Bertz CT molecular complexity index is 850. The summed E-state index contributed by atoms with van der Waals surface area (Å²) in [7, 11) is -3.98. The molecule has 0 aliphatic heterocycles. The van der Waals surface area contributed by atoms with Crippen LogP contribution in [-0.4, -0.2) is 23.9 Å². The van der Waals surface area contributed by atoms with Crippen LogP contribution in [0.15, 0.2) is 29.2 Å². The molecule has 0 fully saturated rings. The molecule has 0 saturated carbocycles. The van der Waals surface area contributed by atoms with E-state index in [1.54, 1.807) is 0 Å². The number of carbonyl (C=O) groups is 1. The first-order valence-electron chi connectivity index (χ1n) is 5.57. The lowest BCUT2D eigenvalue weighted by Crippen LogP contribution is -2.14. The molecule has 1 aromatic carbocycles. The number of hydrogen-bond acceptors (Lipinski definition) is 6. The molecule has 0 atom stereocenters. The number of nitrogens with zero attached hydrogens (tertiary/aromatic N) is 2. The number of nitrogens with one attached hydrogen (secondary N) is 1. The predicted octanol–water partition coefficient (Wildman–Crippen LogP) is 1.82. The highest BCUT2D eigenvalue weighted by Gasteiger charge is 2.23. The largest absolute Gasteiger partial charge is 0.478 e. The van der Waals surface area contributed by atoms with Crippen LogP contribution in [-0.2, 0) is 10.0 Å². The fourth-order valence-corrected chi connectivity index (χ4v) is 3.73. The zero-order chi connectivity index (χ0) is 15.6. The smallest absolute Gasteiger partial charge is 0.340 e. The molecule has 0 saturated heterocycles. The molecule has 0 spiro atoms. The van der Waals surface area contributed by atoms with Gasteiger partial charge in [-0.25, -0.2) is 13.2 Å². The molecule has 0 bridgehead atoms. The van der Waals surface area contributed by atoms with Crippen LogP contribution in [0.4, 0.5) is 5.00 Å². The Hall–Kier alpha value is -2.44. The van der Waals surface area contributed by atoms with E-state index in [0.717, 1.165) is 11.5 Å². The van der Waals surface area contributed by atoms with E-state index in [0.29, 0.717) is 0 Å². The van der Waals surface area contributed by atoms with Gasteiger partial charge in [-0.15, -0.1) is 0 Å². The average Bonchev–Trinajstić information content (AvgIpc) is 2.79. The third kappa shape index (κ3) is 3.01. The second-order valence-corrected chi connectivity index (χ2v) is 6.48. The molecular weight excluding hydrogens is 314 g/mol. The van der Waals surface area contributed by atoms with Crippen molar-refractivity contribution in [3.05, 3.63) is 41.1 Å². The van der Waals surface area contributed by atoms with Crippen LogP contribution in [0.1, 0.15) is 21.6 Å². The van der Waals surface area contributed by atoms with E-state index in [-0.39, 0.29) is 26.7 Å². The van der Waals surface area contributed by atoms with Crippen molar-refractivity contribution < 1.29 is 18.3 Å². The van der Waals surface area contributed by atoms with Gasteiger partial charge in [-0.2, -0.15) is 9.64 Å². The Kier molecular flexibility index (Phi) is 3.93. The van der Waals surface area contributed by atoms with Gasteiger partial charge >= 0.3 is 5.97 Å². The third-order valence-electron chi connectivity index (χ3n) is 2.58. The SMILES string of the molecule is Cc1nsc(NS(=O)(=O)c2cccc(C#N)c2)c1C(=O)O. The van der Waals surface area contributed by atoms with Crippen molar-refractivity contribution in [2.24, 2.45) is 0 Å². The standard InChI is InChI=1S/C12H9N3O4S2/c1-7-10(12(16)17)11(20-14-7)15-21(18,19)9-4-2-3-8(5-9)6-13/h2-5,15H,1H3,(H,16,17). The number of carboxylic acid groups (broad SMARTS) is 1. The summed E-state index contributed by atoms with van der Waals surface area (Å²) in [6.45, 7) is 1.48. The highest BCUT2D eigenvalue weighted by atomic mass is 32.2. The van der Waals surface area contributed by atoms with Gasteiger partial charge in [0.2, 0.25) is 0 Å². The monoisotopic (exact) mass is 323 g/mol. The molecule has 2 N–H and O–H groups in total. The third-order valence-corrected chi connectivity index (χ3v) is 4.91. The van der Waals surface area contributed by atoms with Gasteiger partial charge in [0.1, 0.15) is 10.6 Å². The quantitative estimate of drug-likeness (QED) is 0.885. The zero-order valence-electron chi connectivity index (χ0n) is 10.7. The number of carboxylic acids is 1. The van der Waals surface area contributed by atoms with Gasteiger partial charge in [0, 0.05) is 0 Å². The minimum Gasteiger partial charge on any atom is -0.478 e. The number of aromatic nitrogens is 1. The van der Waals surface area contributed by atoms with Crippen LogP contribution >= 0.6 is 11.5 Å². The molecule has 0 radical (unpaired) electrons. The molecular formula is C12H9N3O4S2. The summed E-state index contributed by atoms with van der Waals surface area (Å²) in [6.07, 6.45) is 0. The minimum absolute atomic E-state index is 0.0673. The van der Waals surface area contributed by atoms with E-state index in [9.17, 15) is 13.2 Å². The molecule has 0 amide bonds. The van der Waals surface area contributed by atoms with Crippen molar-refractivity contribution in [3.8, 4) is 6.07 Å². The van der Waals surface area contributed by atoms with Crippen molar-refractivity contribution in [1.82, 2.24) is 4.37 Å². The molecule has 0 unspecified atom stereocenters. The lowest BCUT2D eigenvalue weighted by Gasteiger charge is -2.07. The fourth-order valence-electron chi connectivity index (χ4n) is 1.61. The summed E-state index contributed by atoms with van der Waals surface area (Å²) in [6, 6.07) is 7.27. The van der Waals surface area contributed by atoms with Crippen LogP contribution in [0.25, 0.3) is 0 Å². The van der Waals surface area contributed by atoms with Crippen molar-refractivity contribution in [1.29, 1.82) is 5.26 Å². The van der Waals surface area contributed by atoms with Gasteiger partial charge in [0.15, 0.2) is 0 Å². The zero-order valence-corrected chi connectivity index (χ0v) is 12.3. The molecule has 2 aromatic rings. The number of hydrogen-bond donors (Lipinski definition) is 2. The van der Waals surface area contributed by atoms with E-state index < -0.39 is 16.0 Å². The fraction of sp³-hybridized carbons (Fsp3) is 0.0833. The molecule has 0 aliphatic rings. The van der Waals surface area contributed by atoms with E-state index in [2.05, 4.69) is 9.10 Å². The number of aromatic carboxylic acids is 1. The summed E-state index contributed by atoms with van der Waals surface area (Å²) in [5.74, 6) is -1.26. The molecule has 9 heteroatoms. The Labute approximate surface area is 124 Å². The highest BCUT2D eigenvalue weighted by molar-refractivity contribution is 7.93. The maximum Gasteiger partial charge on any atom is 0.340 e. The normalized spacial score (nSPS) is 10.9. The van der Waals surface area contributed by atoms with Crippen molar-refractivity contribution in [2.45, 2.75) is 11.8 Å². The van der Waals surface area contributed by atoms with E-state index in [1.165, 1.54) is 31.2 Å². The maximum absolute atomic E-state index is 12.2. The molecule has 1 heterocycles. The van der Waals surface area contributed by atoms with Gasteiger partial charge in [0.05, 0.1) is 22.2 Å². The average molecular weight is 323 g/mol. The van der Waals surface area contributed by atoms with Crippen molar-refractivity contribution in [2.75, 3.05) is 4.72 Å². The summed E-state index contributed by atoms with van der Waals surface area (Å²) in [4.78, 5) is 11.0. The Balaban J connectivity index is 2.43. The van der Waals surface area contributed by atoms with Crippen LogP contribution in [0.3, 0.4) is 0 Å². The van der Waals surface area contributed by atoms with Gasteiger partial charge in [0.25, 0.3) is 10.0 Å². The summed E-state index contributed by atoms with van der Waals surface area (Å²) in [5.41, 5.74) is 0.243. The van der Waals surface area contributed by atoms with Gasteiger partial charge in [-0.1, -0.05) is 6.07 Å². The number of anilines is 1. The number of aryl methyl sites for hydroxylation is 1. The molecule has 21 heavy (non-hydrogen) atoms.